The summed E-state index contributed by atoms with van der Waals surface area (Å²) in [5.41, 5.74) is -0.690. The Hall–Kier alpha value is -3.30. The minimum Gasteiger partial charge on any atom is -0.481 e. The lowest BCUT2D eigenvalue weighted by Crippen LogP contribution is -2.55. The summed E-state index contributed by atoms with van der Waals surface area (Å²) in [5, 5.41) is 16.5. The summed E-state index contributed by atoms with van der Waals surface area (Å²) in [5.74, 6) is -6.45. The van der Waals surface area contributed by atoms with Gasteiger partial charge in [0.25, 0.3) is 5.91 Å². The van der Waals surface area contributed by atoms with Crippen LogP contribution in [0.3, 0.4) is 0 Å². The van der Waals surface area contributed by atoms with Crippen molar-refractivity contribution in [3.63, 3.8) is 0 Å². The van der Waals surface area contributed by atoms with E-state index in [1.165, 1.54) is 35.2 Å². The van der Waals surface area contributed by atoms with E-state index in [9.17, 15) is 24.3 Å². The Kier molecular flexibility index (Phi) is 7.72. The minimum atomic E-state index is -2.07. The van der Waals surface area contributed by atoms with E-state index >= 15 is 0 Å². The molecule has 40 heavy (non-hydrogen) atoms. The van der Waals surface area contributed by atoms with Crippen LogP contribution in [0, 0.1) is 11.8 Å². The highest BCUT2D eigenvalue weighted by Gasteiger charge is 2.68. The van der Waals surface area contributed by atoms with Gasteiger partial charge in [-0.3, -0.25) is 19.2 Å². The Morgan fingerprint density at radius 3 is 2.27 bits per heavy atom. The first-order chi connectivity index (χ1) is 19.0. The lowest BCUT2D eigenvalue weighted by molar-refractivity contribution is -0.155. The summed E-state index contributed by atoms with van der Waals surface area (Å²) in [6.45, 7) is -0.346. The van der Waals surface area contributed by atoms with Crippen molar-refractivity contribution in [3.05, 3.63) is 91.9 Å². The van der Waals surface area contributed by atoms with Crippen molar-refractivity contribution in [3.8, 4) is 0 Å². The van der Waals surface area contributed by atoms with Gasteiger partial charge in [-0.1, -0.05) is 76.7 Å². The Labute approximate surface area is 249 Å². The Bertz CT molecular complexity index is 1530. The average Bonchev–Trinajstić information content (AvgIpc) is 3.39. The smallest absolute Gasteiger partial charge is 0.310 e. The number of hydrogen-bond donors (Lipinski definition) is 3. The van der Waals surface area contributed by atoms with Crippen molar-refractivity contribution in [2.24, 2.45) is 11.8 Å². The van der Waals surface area contributed by atoms with Crippen LogP contribution in [0.25, 0.3) is 0 Å². The molecule has 2 aliphatic heterocycles. The zero-order chi connectivity index (χ0) is 28.8. The monoisotopic (exact) mass is 619 g/mol. The van der Waals surface area contributed by atoms with Gasteiger partial charge >= 0.3 is 5.97 Å². The molecule has 0 aromatic heterocycles. The molecule has 0 radical (unpaired) electrons. The number of anilines is 2. The van der Waals surface area contributed by atoms with Crippen LogP contribution in [0.15, 0.2) is 60.7 Å². The lowest BCUT2D eigenvalue weighted by atomic mass is 9.75. The van der Waals surface area contributed by atoms with Crippen LogP contribution < -0.4 is 10.6 Å². The fourth-order valence-electron chi connectivity index (χ4n) is 5.59. The Morgan fingerprint density at radius 1 is 0.975 bits per heavy atom. The molecule has 8 nitrogen and oxygen atoms in total. The second-order valence-electron chi connectivity index (χ2n) is 9.59. The number of carbonyl (C=O) groups excluding carboxylic acids is 3. The van der Waals surface area contributed by atoms with Crippen LogP contribution in [0.2, 0.25) is 20.1 Å². The number of hydrogen-bond acceptors (Lipinski definition) is 4. The molecular formula is C28H21Cl4N3O5. The number of rotatable bonds is 6. The number of carboxylic acids is 1. The zero-order valence-electron chi connectivity index (χ0n) is 20.6. The number of carboxylic acid groups (broad SMARTS) is 1. The van der Waals surface area contributed by atoms with Crippen LogP contribution in [0.4, 0.5) is 11.4 Å². The zero-order valence-corrected chi connectivity index (χ0v) is 23.6. The van der Waals surface area contributed by atoms with Gasteiger partial charge in [-0.05, 0) is 42.3 Å². The van der Waals surface area contributed by atoms with Crippen LogP contribution in [-0.4, -0.2) is 40.2 Å². The molecule has 5 rings (SSSR count). The molecule has 3 amide bonds. The van der Waals surface area contributed by atoms with Gasteiger partial charge in [0, 0.05) is 39.3 Å². The highest BCUT2D eigenvalue weighted by Crippen LogP contribution is 2.55. The third-order valence-corrected chi connectivity index (χ3v) is 8.16. The first-order valence-corrected chi connectivity index (χ1v) is 13.7. The van der Waals surface area contributed by atoms with E-state index in [1.807, 2.05) is 30.3 Å². The van der Waals surface area contributed by atoms with Crippen molar-refractivity contribution in [2.75, 3.05) is 17.2 Å². The number of fused-ring (bicyclic) bond motifs is 2. The maximum absolute atomic E-state index is 13.8. The van der Waals surface area contributed by atoms with Gasteiger partial charge in [-0.25, -0.2) is 0 Å². The van der Waals surface area contributed by atoms with Gasteiger partial charge in [-0.2, -0.15) is 0 Å². The number of nitrogens with zero attached hydrogens (tertiary/aromatic N) is 1. The van der Waals surface area contributed by atoms with Crippen molar-refractivity contribution < 1.29 is 24.3 Å². The summed E-state index contributed by atoms with van der Waals surface area (Å²) < 4.78 is 0. The van der Waals surface area contributed by atoms with E-state index in [4.69, 9.17) is 46.4 Å². The van der Waals surface area contributed by atoms with Crippen LogP contribution in [-0.2, 0) is 31.1 Å². The Morgan fingerprint density at radius 2 is 1.62 bits per heavy atom. The topological polar surface area (TPSA) is 116 Å². The molecule has 206 valence electrons. The second kappa shape index (κ2) is 10.9. The number of likely N-dealkylation sites (tertiary alicyclic amines) is 1. The number of aryl methyl sites for hydroxylation is 1. The predicted molar refractivity (Wildman–Crippen MR) is 153 cm³/mol. The van der Waals surface area contributed by atoms with Crippen LogP contribution in [0.5, 0.6) is 0 Å². The van der Waals surface area contributed by atoms with E-state index in [0.29, 0.717) is 6.42 Å². The number of benzene rings is 3. The summed E-state index contributed by atoms with van der Waals surface area (Å²) in [7, 11) is 0. The Balaban J connectivity index is 1.60. The number of nitrogens with one attached hydrogen (secondary N) is 2. The average molecular weight is 621 g/mol. The van der Waals surface area contributed by atoms with Gasteiger partial charge < -0.3 is 20.6 Å². The molecule has 3 aromatic carbocycles. The molecule has 0 aliphatic carbocycles. The first-order valence-electron chi connectivity index (χ1n) is 12.2. The van der Waals surface area contributed by atoms with Gasteiger partial charge in [0.15, 0.2) is 5.54 Å². The first kappa shape index (κ1) is 28.2. The molecule has 1 spiro atoms. The third-order valence-electron chi connectivity index (χ3n) is 7.21. The maximum Gasteiger partial charge on any atom is 0.310 e. The minimum absolute atomic E-state index is 0.0345. The van der Waals surface area contributed by atoms with E-state index in [-0.39, 0.29) is 50.0 Å². The van der Waals surface area contributed by atoms with Crippen LogP contribution in [0.1, 0.15) is 17.5 Å². The molecule has 2 aliphatic rings. The number of carbonyl (C=O) groups is 4. The molecule has 1 fully saturated rings. The maximum atomic E-state index is 13.8. The normalized spacial score (nSPS) is 21.3. The highest BCUT2D eigenvalue weighted by atomic mass is 35.5. The van der Waals surface area contributed by atoms with Crippen molar-refractivity contribution in [2.45, 2.75) is 18.4 Å². The fraction of sp³-hybridized carbons (Fsp3) is 0.214. The van der Waals surface area contributed by atoms with E-state index in [2.05, 4.69) is 10.6 Å². The van der Waals surface area contributed by atoms with E-state index in [1.54, 1.807) is 0 Å². The standard InChI is InChI=1S/C28H21Cl4N3O5/c29-15-8-16(30)10-18(9-15)33-25(37)19-13-35(22(36)7-6-14-4-2-1-3-5-14)28(23(19)26(38)39)20-11-17(31)12-21(32)24(20)34-27(28)40/h1-5,8-12,19,23H,6-7,13H2,(H,33,37)(H,34,40)(H,38,39). The molecule has 3 atom stereocenters. The summed E-state index contributed by atoms with van der Waals surface area (Å²) >= 11 is 24.8. The largest absolute Gasteiger partial charge is 0.481 e. The molecule has 3 unspecified atom stereocenters. The lowest BCUT2D eigenvalue weighted by Gasteiger charge is -2.36. The van der Waals surface area contributed by atoms with Gasteiger partial charge in [0.05, 0.1) is 16.6 Å². The molecule has 0 saturated carbocycles. The SMILES string of the molecule is O=C(Nc1cc(Cl)cc(Cl)c1)C1CN(C(=O)CCc2ccccc2)C2(C(=O)Nc3c(Cl)cc(Cl)cc32)C1C(=O)O. The summed E-state index contributed by atoms with van der Waals surface area (Å²) in [6, 6.07) is 16.4. The predicted octanol–water partition coefficient (Wildman–Crippen LogP) is 5.88. The molecule has 0 bridgehead atoms. The van der Waals surface area contributed by atoms with Crippen molar-refractivity contribution in [1.29, 1.82) is 0 Å². The quantitative estimate of drug-likeness (QED) is 0.318. The second-order valence-corrected chi connectivity index (χ2v) is 11.3. The third kappa shape index (κ3) is 4.90. The molecule has 1 saturated heterocycles. The fourth-order valence-corrected chi connectivity index (χ4v) is 6.66. The van der Waals surface area contributed by atoms with E-state index < -0.39 is 41.1 Å². The van der Waals surface area contributed by atoms with Crippen molar-refractivity contribution >= 4 is 81.5 Å². The van der Waals surface area contributed by atoms with Gasteiger partial charge in [0.2, 0.25) is 11.8 Å². The molecule has 12 heteroatoms. The van der Waals surface area contributed by atoms with Gasteiger partial charge in [-0.15, -0.1) is 0 Å². The molecule has 3 aromatic rings. The number of amides is 3. The van der Waals surface area contributed by atoms with Crippen molar-refractivity contribution in [1.82, 2.24) is 4.90 Å². The van der Waals surface area contributed by atoms with Crippen LogP contribution >= 0.6 is 46.4 Å². The molecular weight excluding hydrogens is 600 g/mol. The highest BCUT2D eigenvalue weighted by molar-refractivity contribution is 6.38. The summed E-state index contributed by atoms with van der Waals surface area (Å²) in [4.78, 5) is 55.3. The number of aliphatic carboxylic acids is 1. The van der Waals surface area contributed by atoms with E-state index in [0.717, 1.165) is 5.56 Å². The van der Waals surface area contributed by atoms with Gasteiger partial charge in [0.1, 0.15) is 5.92 Å². The summed E-state index contributed by atoms with van der Waals surface area (Å²) in [6.07, 6.45) is 0.305. The number of halogens is 4. The molecule has 2 heterocycles. The molecule has 3 N–H and O–H groups in total.